The molecule has 0 bridgehead atoms. The van der Waals surface area contributed by atoms with Crippen molar-refractivity contribution >= 4 is 17.2 Å². The van der Waals surface area contributed by atoms with E-state index in [0.717, 1.165) is 0 Å². The maximum Gasteiger partial charge on any atom is 0.251 e. The van der Waals surface area contributed by atoms with E-state index in [4.69, 9.17) is 0 Å². The Hall–Kier alpha value is -1.61. The third-order valence-electron chi connectivity index (χ3n) is 3.16. The van der Waals surface area contributed by atoms with Crippen molar-refractivity contribution in [3.05, 3.63) is 57.8 Å². The minimum absolute atomic E-state index is 0.0174. The van der Waals surface area contributed by atoms with E-state index < -0.39 is 0 Å². The summed E-state index contributed by atoms with van der Waals surface area (Å²) in [5.74, 6) is 0.471. The molecule has 0 unspecified atom stereocenters. The molecule has 1 heterocycles. The van der Waals surface area contributed by atoms with Crippen molar-refractivity contribution in [2.75, 3.05) is 0 Å². The van der Waals surface area contributed by atoms with Crippen LogP contribution < -0.4 is 5.32 Å². The largest absolute Gasteiger partial charge is 0.345 e. The summed E-state index contributed by atoms with van der Waals surface area (Å²) in [7, 11) is 0. The second-order valence-electron chi connectivity index (χ2n) is 4.99. The monoisotopic (exact) mass is 273 g/mol. The molecule has 19 heavy (non-hydrogen) atoms. The van der Waals surface area contributed by atoms with Crippen LogP contribution in [-0.4, -0.2) is 5.91 Å². The molecule has 3 heteroatoms. The summed E-state index contributed by atoms with van der Waals surface area (Å²) in [6.45, 7) is 6.30. The highest BCUT2D eigenvalue weighted by Gasteiger charge is 2.12. The van der Waals surface area contributed by atoms with Crippen molar-refractivity contribution in [3.8, 4) is 0 Å². The first-order valence-corrected chi connectivity index (χ1v) is 7.40. The van der Waals surface area contributed by atoms with Gasteiger partial charge in [0, 0.05) is 10.4 Å². The zero-order valence-electron chi connectivity index (χ0n) is 11.5. The zero-order valence-corrected chi connectivity index (χ0v) is 12.3. The molecule has 1 N–H and O–H groups in total. The molecule has 2 nitrogen and oxygen atoms in total. The van der Waals surface area contributed by atoms with Crippen LogP contribution in [0.1, 0.15) is 53.5 Å². The summed E-state index contributed by atoms with van der Waals surface area (Å²) in [6.07, 6.45) is 0. The van der Waals surface area contributed by atoms with Gasteiger partial charge in [-0.1, -0.05) is 32.0 Å². The summed E-state index contributed by atoms with van der Waals surface area (Å²) in [5, 5.41) is 5.04. The molecule has 0 spiro atoms. The highest BCUT2D eigenvalue weighted by Crippen LogP contribution is 2.19. The van der Waals surface area contributed by atoms with Crippen molar-refractivity contribution in [1.82, 2.24) is 5.32 Å². The molecule has 1 aromatic heterocycles. The molecule has 0 aliphatic heterocycles. The molecule has 0 saturated carbocycles. The lowest BCUT2D eigenvalue weighted by molar-refractivity contribution is 0.0940. The highest BCUT2D eigenvalue weighted by molar-refractivity contribution is 7.10. The first kappa shape index (κ1) is 13.8. The molecule has 0 aliphatic rings. The Balaban J connectivity index is 2.03. The maximum atomic E-state index is 12.1. The van der Waals surface area contributed by atoms with E-state index in [0.29, 0.717) is 11.5 Å². The first-order valence-electron chi connectivity index (χ1n) is 6.52. The van der Waals surface area contributed by atoms with Crippen LogP contribution in [0.5, 0.6) is 0 Å². The van der Waals surface area contributed by atoms with E-state index >= 15 is 0 Å². The summed E-state index contributed by atoms with van der Waals surface area (Å²) in [5.41, 5.74) is 1.97. The van der Waals surface area contributed by atoms with Crippen molar-refractivity contribution in [1.29, 1.82) is 0 Å². The minimum Gasteiger partial charge on any atom is -0.345 e. The number of carbonyl (C=O) groups excluding carboxylic acids is 1. The third-order valence-corrected chi connectivity index (χ3v) is 4.21. The lowest BCUT2D eigenvalue weighted by Crippen LogP contribution is -2.26. The van der Waals surface area contributed by atoms with Crippen molar-refractivity contribution < 1.29 is 4.79 Å². The van der Waals surface area contributed by atoms with Gasteiger partial charge in [-0.05, 0) is 42.0 Å². The molecule has 2 aromatic rings. The molecule has 1 aromatic carbocycles. The Bertz CT molecular complexity index is 528. The van der Waals surface area contributed by atoms with E-state index in [1.165, 1.54) is 10.4 Å². The Labute approximate surface area is 118 Å². The fourth-order valence-electron chi connectivity index (χ4n) is 1.91. The lowest BCUT2D eigenvalue weighted by Gasteiger charge is -2.13. The molecule has 0 fully saturated rings. The summed E-state index contributed by atoms with van der Waals surface area (Å²) in [6, 6.07) is 11.9. The zero-order chi connectivity index (χ0) is 13.8. The molecular formula is C16H19NOS. The van der Waals surface area contributed by atoms with Gasteiger partial charge in [0.2, 0.25) is 0 Å². The highest BCUT2D eigenvalue weighted by atomic mass is 32.1. The molecule has 0 radical (unpaired) electrons. The topological polar surface area (TPSA) is 29.1 Å². The summed E-state index contributed by atoms with van der Waals surface area (Å²) in [4.78, 5) is 13.3. The van der Waals surface area contributed by atoms with Crippen molar-refractivity contribution in [2.24, 2.45) is 0 Å². The molecule has 0 aliphatic carbocycles. The number of benzene rings is 1. The Morgan fingerprint density at radius 1 is 1.11 bits per heavy atom. The van der Waals surface area contributed by atoms with Gasteiger partial charge >= 0.3 is 0 Å². The standard InChI is InChI=1S/C16H19NOS/c1-11(2)13-6-8-14(9-7-13)16(18)17-12(3)15-5-4-10-19-15/h4-12H,1-3H3,(H,17,18)/t12-/m0/s1. The van der Waals surface area contributed by atoms with Gasteiger partial charge in [0.15, 0.2) is 0 Å². The second-order valence-corrected chi connectivity index (χ2v) is 5.97. The van der Waals surface area contributed by atoms with Gasteiger partial charge in [-0.25, -0.2) is 0 Å². The number of hydrogen-bond acceptors (Lipinski definition) is 2. The molecule has 2 rings (SSSR count). The average Bonchev–Trinajstić information content (AvgIpc) is 2.92. The quantitative estimate of drug-likeness (QED) is 0.881. The smallest absolute Gasteiger partial charge is 0.251 e. The second kappa shape index (κ2) is 6.02. The number of nitrogens with one attached hydrogen (secondary N) is 1. The Morgan fingerprint density at radius 3 is 2.32 bits per heavy atom. The molecule has 1 atom stereocenters. The maximum absolute atomic E-state index is 12.1. The van der Waals surface area contributed by atoms with Crippen LogP contribution in [0, 0.1) is 0 Å². The van der Waals surface area contributed by atoms with Gasteiger partial charge < -0.3 is 5.32 Å². The van der Waals surface area contributed by atoms with Crippen LogP contribution in [0.25, 0.3) is 0 Å². The number of carbonyl (C=O) groups is 1. The van der Waals surface area contributed by atoms with E-state index in [1.807, 2.05) is 48.7 Å². The predicted octanol–water partition coefficient (Wildman–Crippen LogP) is 4.36. The summed E-state index contributed by atoms with van der Waals surface area (Å²) >= 11 is 1.66. The van der Waals surface area contributed by atoms with Gasteiger partial charge in [0.25, 0.3) is 5.91 Å². The van der Waals surface area contributed by atoms with Gasteiger partial charge in [0.05, 0.1) is 6.04 Å². The third kappa shape index (κ3) is 3.44. The first-order chi connectivity index (χ1) is 9.08. The molecule has 100 valence electrons. The van der Waals surface area contributed by atoms with Crippen LogP contribution in [0.3, 0.4) is 0 Å². The van der Waals surface area contributed by atoms with E-state index in [1.54, 1.807) is 11.3 Å². The molecule has 0 saturated heterocycles. The van der Waals surface area contributed by atoms with Crippen LogP contribution >= 0.6 is 11.3 Å². The Kier molecular flexibility index (Phi) is 4.38. The van der Waals surface area contributed by atoms with Crippen molar-refractivity contribution in [2.45, 2.75) is 32.7 Å². The lowest BCUT2D eigenvalue weighted by atomic mass is 10.0. The van der Waals surface area contributed by atoms with Crippen LogP contribution in [0.2, 0.25) is 0 Å². The van der Waals surface area contributed by atoms with Gasteiger partial charge in [-0.2, -0.15) is 0 Å². The fourth-order valence-corrected chi connectivity index (χ4v) is 2.64. The average molecular weight is 273 g/mol. The normalized spacial score (nSPS) is 12.4. The van der Waals surface area contributed by atoms with Gasteiger partial charge in [-0.3, -0.25) is 4.79 Å². The number of hydrogen-bond donors (Lipinski definition) is 1. The fraction of sp³-hybridized carbons (Fsp3) is 0.312. The van der Waals surface area contributed by atoms with E-state index in [2.05, 4.69) is 19.2 Å². The minimum atomic E-state index is -0.0174. The van der Waals surface area contributed by atoms with E-state index in [-0.39, 0.29) is 11.9 Å². The summed E-state index contributed by atoms with van der Waals surface area (Å²) < 4.78 is 0. The van der Waals surface area contributed by atoms with Crippen molar-refractivity contribution in [3.63, 3.8) is 0 Å². The predicted molar refractivity (Wildman–Crippen MR) is 80.7 cm³/mol. The number of thiophene rings is 1. The SMILES string of the molecule is CC(C)c1ccc(C(=O)N[C@@H](C)c2cccs2)cc1. The molecular weight excluding hydrogens is 254 g/mol. The molecule has 1 amide bonds. The number of amides is 1. The van der Waals surface area contributed by atoms with Crippen LogP contribution in [0.15, 0.2) is 41.8 Å². The van der Waals surface area contributed by atoms with E-state index in [9.17, 15) is 4.79 Å². The Morgan fingerprint density at radius 2 is 1.79 bits per heavy atom. The number of rotatable bonds is 4. The van der Waals surface area contributed by atoms with Gasteiger partial charge in [0.1, 0.15) is 0 Å². The van der Waals surface area contributed by atoms with Gasteiger partial charge in [-0.15, -0.1) is 11.3 Å². The van der Waals surface area contributed by atoms with Crippen LogP contribution in [-0.2, 0) is 0 Å². The van der Waals surface area contributed by atoms with Crippen LogP contribution in [0.4, 0.5) is 0 Å².